The van der Waals surface area contributed by atoms with Crippen LogP contribution in [0, 0.1) is 0 Å². The van der Waals surface area contributed by atoms with E-state index in [2.05, 4.69) is 20.9 Å². The molecule has 1 amide bonds. The number of ether oxygens (including phenoxy) is 2. The van der Waals surface area contributed by atoms with Gasteiger partial charge >= 0.3 is 0 Å². The van der Waals surface area contributed by atoms with Gasteiger partial charge in [-0.15, -0.1) is 24.0 Å². The Morgan fingerprint density at radius 3 is 2.63 bits per heavy atom. The fraction of sp³-hybridized carbons (Fsp3) is 0.333. The molecule has 1 unspecified atom stereocenters. The Bertz CT molecular complexity index is 752. The number of guanidine groups is 1. The van der Waals surface area contributed by atoms with Crippen LogP contribution in [0.4, 0.5) is 0 Å². The Kier molecular flexibility index (Phi) is 8.24. The van der Waals surface area contributed by atoms with Gasteiger partial charge in [0.15, 0.2) is 23.2 Å². The van der Waals surface area contributed by atoms with Crippen LogP contribution in [0.25, 0.3) is 0 Å². The molecule has 3 N–H and O–H groups in total. The van der Waals surface area contributed by atoms with Crippen LogP contribution in [-0.2, 0) is 0 Å². The third kappa shape index (κ3) is 6.05. The number of carbonyl (C=O) groups is 1. The van der Waals surface area contributed by atoms with Crippen LogP contribution >= 0.6 is 24.0 Å². The average Bonchev–Trinajstić information content (AvgIpc) is 3.22. The van der Waals surface area contributed by atoms with Gasteiger partial charge in [0.25, 0.3) is 5.91 Å². The Morgan fingerprint density at radius 2 is 1.89 bits per heavy atom. The molecule has 9 heteroatoms. The van der Waals surface area contributed by atoms with Gasteiger partial charge < -0.3 is 29.8 Å². The summed E-state index contributed by atoms with van der Waals surface area (Å²) in [6.07, 6.45) is 1.36. The third-order valence-electron chi connectivity index (χ3n) is 3.74. The van der Waals surface area contributed by atoms with Crippen LogP contribution in [0.2, 0.25) is 0 Å². The normalized spacial score (nSPS) is 15.4. The molecule has 0 aliphatic carbocycles. The number of fused-ring (bicyclic) bond motifs is 1. The largest absolute Gasteiger partial charge is 0.486 e. The second kappa shape index (κ2) is 10.7. The van der Waals surface area contributed by atoms with Gasteiger partial charge in [-0.3, -0.25) is 9.79 Å². The summed E-state index contributed by atoms with van der Waals surface area (Å²) in [6, 6.07) is 10.9. The van der Waals surface area contributed by atoms with E-state index in [9.17, 15) is 4.79 Å². The number of aliphatic imine (C=N–C) groups is 1. The second-order valence-electron chi connectivity index (χ2n) is 5.61. The predicted octanol–water partition coefficient (Wildman–Crippen LogP) is 1.63. The molecule has 0 bridgehead atoms. The van der Waals surface area contributed by atoms with Crippen molar-refractivity contribution in [2.24, 2.45) is 4.99 Å². The minimum absolute atomic E-state index is 0. The van der Waals surface area contributed by atoms with E-state index in [1.54, 1.807) is 19.2 Å². The fourth-order valence-corrected chi connectivity index (χ4v) is 2.45. The molecule has 0 saturated heterocycles. The van der Waals surface area contributed by atoms with Crippen molar-refractivity contribution >= 4 is 35.8 Å². The summed E-state index contributed by atoms with van der Waals surface area (Å²) in [5.41, 5.74) is 0. The van der Waals surface area contributed by atoms with E-state index in [4.69, 9.17) is 13.9 Å². The molecular formula is C18H23IN4O4. The number of hydrogen-bond donors (Lipinski definition) is 3. The number of nitrogens with one attached hydrogen (secondary N) is 3. The topological polar surface area (TPSA) is 97.1 Å². The van der Waals surface area contributed by atoms with E-state index in [0.29, 0.717) is 38.0 Å². The maximum Gasteiger partial charge on any atom is 0.287 e. The molecule has 1 atom stereocenters. The highest BCUT2D eigenvalue weighted by molar-refractivity contribution is 14.0. The molecule has 1 aromatic heterocycles. The molecule has 1 aliphatic rings. The molecule has 1 aromatic carbocycles. The van der Waals surface area contributed by atoms with E-state index in [1.165, 1.54) is 6.26 Å². The molecule has 0 radical (unpaired) electrons. The minimum atomic E-state index is -0.244. The lowest BCUT2D eigenvalue weighted by molar-refractivity contribution is 0.0926. The van der Waals surface area contributed by atoms with E-state index < -0.39 is 0 Å². The summed E-state index contributed by atoms with van der Waals surface area (Å²) < 4.78 is 16.6. The van der Waals surface area contributed by atoms with Crippen molar-refractivity contribution in [3.8, 4) is 11.5 Å². The highest BCUT2D eigenvalue weighted by Gasteiger charge is 2.20. The first-order valence-electron chi connectivity index (χ1n) is 8.41. The monoisotopic (exact) mass is 486 g/mol. The zero-order chi connectivity index (χ0) is 18.2. The Hall–Kier alpha value is -2.43. The Balaban J connectivity index is 0.00000261. The molecule has 0 fully saturated rings. The van der Waals surface area contributed by atoms with Gasteiger partial charge in [0, 0.05) is 20.1 Å². The second-order valence-corrected chi connectivity index (χ2v) is 5.61. The average molecular weight is 486 g/mol. The van der Waals surface area contributed by atoms with Crippen molar-refractivity contribution < 1.29 is 18.7 Å². The lowest BCUT2D eigenvalue weighted by Crippen LogP contribution is -2.46. The molecule has 8 nitrogen and oxygen atoms in total. The molecule has 3 rings (SSSR count). The maximum absolute atomic E-state index is 11.7. The van der Waals surface area contributed by atoms with Crippen LogP contribution in [-0.4, -0.2) is 51.3 Å². The molecule has 146 valence electrons. The van der Waals surface area contributed by atoms with Crippen molar-refractivity contribution in [1.29, 1.82) is 0 Å². The number of hydrogen-bond acceptors (Lipinski definition) is 5. The first-order valence-corrected chi connectivity index (χ1v) is 8.41. The Morgan fingerprint density at radius 1 is 1.11 bits per heavy atom. The summed E-state index contributed by atoms with van der Waals surface area (Å²) in [7, 11) is 1.68. The van der Waals surface area contributed by atoms with Gasteiger partial charge in [0.1, 0.15) is 12.7 Å². The minimum Gasteiger partial charge on any atom is -0.486 e. The van der Waals surface area contributed by atoms with Gasteiger partial charge in [-0.1, -0.05) is 12.1 Å². The zero-order valence-corrected chi connectivity index (χ0v) is 17.3. The zero-order valence-electron chi connectivity index (χ0n) is 14.9. The number of amides is 1. The number of carbonyl (C=O) groups excluding carboxylic acids is 1. The first kappa shape index (κ1) is 20.9. The van der Waals surface area contributed by atoms with Gasteiger partial charge in [-0.05, 0) is 24.3 Å². The highest BCUT2D eigenvalue weighted by Crippen LogP contribution is 2.30. The van der Waals surface area contributed by atoms with Crippen molar-refractivity contribution in [3.63, 3.8) is 0 Å². The SMILES string of the molecule is CN=C(NCCNC(=O)c1ccco1)NCC1COc2ccccc2O1.I. The number of furan rings is 1. The predicted molar refractivity (Wildman–Crippen MR) is 112 cm³/mol. The molecule has 0 spiro atoms. The van der Waals surface area contributed by atoms with Gasteiger partial charge in [-0.25, -0.2) is 0 Å². The smallest absolute Gasteiger partial charge is 0.287 e. The molecule has 2 aromatic rings. The summed E-state index contributed by atoms with van der Waals surface area (Å²) >= 11 is 0. The van der Waals surface area contributed by atoms with E-state index in [0.717, 1.165) is 11.5 Å². The summed E-state index contributed by atoms with van der Waals surface area (Å²) in [4.78, 5) is 15.9. The van der Waals surface area contributed by atoms with Gasteiger partial charge in [0.05, 0.1) is 12.8 Å². The van der Waals surface area contributed by atoms with Gasteiger partial charge in [-0.2, -0.15) is 0 Å². The first-order chi connectivity index (χ1) is 12.8. The molecule has 0 saturated carbocycles. The molecule has 2 heterocycles. The van der Waals surface area contributed by atoms with Crippen molar-refractivity contribution in [2.45, 2.75) is 6.10 Å². The van der Waals surface area contributed by atoms with Gasteiger partial charge in [0.2, 0.25) is 0 Å². The van der Waals surface area contributed by atoms with Crippen LogP contribution in [0.15, 0.2) is 52.1 Å². The molecule has 1 aliphatic heterocycles. The van der Waals surface area contributed by atoms with Crippen molar-refractivity contribution in [2.75, 3.05) is 33.3 Å². The van der Waals surface area contributed by atoms with Crippen molar-refractivity contribution in [3.05, 3.63) is 48.4 Å². The van der Waals surface area contributed by atoms with E-state index >= 15 is 0 Å². The van der Waals surface area contributed by atoms with E-state index in [1.807, 2.05) is 24.3 Å². The van der Waals surface area contributed by atoms with Crippen LogP contribution in [0.3, 0.4) is 0 Å². The Labute approximate surface area is 174 Å². The summed E-state index contributed by atoms with van der Waals surface area (Å²) in [6.45, 7) is 1.99. The van der Waals surface area contributed by atoms with E-state index in [-0.39, 0.29) is 36.0 Å². The molecular weight excluding hydrogens is 463 g/mol. The fourth-order valence-electron chi connectivity index (χ4n) is 2.45. The number of nitrogens with zero attached hydrogens (tertiary/aromatic N) is 1. The quantitative estimate of drug-likeness (QED) is 0.249. The number of para-hydroxylation sites is 2. The number of benzene rings is 1. The molecule has 27 heavy (non-hydrogen) atoms. The standard InChI is InChI=1S/C18H22N4O4.HI/c1-19-18(21-9-8-20-17(23)16-7-4-10-24-16)22-11-13-12-25-14-5-2-3-6-15(14)26-13;/h2-7,10,13H,8-9,11-12H2,1H3,(H,20,23)(H2,19,21,22);1H. The van der Waals surface area contributed by atoms with Crippen LogP contribution in [0.5, 0.6) is 11.5 Å². The van der Waals surface area contributed by atoms with Crippen molar-refractivity contribution in [1.82, 2.24) is 16.0 Å². The lowest BCUT2D eigenvalue weighted by Gasteiger charge is -2.27. The number of rotatable bonds is 6. The van der Waals surface area contributed by atoms with Crippen LogP contribution in [0.1, 0.15) is 10.6 Å². The maximum atomic E-state index is 11.7. The van der Waals surface area contributed by atoms with Crippen LogP contribution < -0.4 is 25.4 Å². The number of halogens is 1. The summed E-state index contributed by atoms with van der Waals surface area (Å²) in [5, 5.41) is 9.07. The summed E-state index contributed by atoms with van der Waals surface area (Å²) in [5.74, 6) is 2.18. The lowest BCUT2D eigenvalue weighted by atomic mass is 10.2. The third-order valence-corrected chi connectivity index (χ3v) is 3.74. The highest BCUT2D eigenvalue weighted by atomic mass is 127.